The zero-order valence-electron chi connectivity index (χ0n) is 10.7. The standard InChI is InChI=1S/C14H19ClN2/c1-4-6-11(3)17-12-8-5-7-10(2)14(12)16-13(17)9-15/h5,7-8,11H,4,6,9H2,1-3H3. The summed E-state index contributed by atoms with van der Waals surface area (Å²) in [6, 6.07) is 6.78. The highest BCUT2D eigenvalue weighted by Crippen LogP contribution is 2.26. The number of fused-ring (bicyclic) bond motifs is 1. The number of nitrogens with zero attached hydrogens (tertiary/aromatic N) is 2. The maximum atomic E-state index is 6.02. The van der Waals surface area contributed by atoms with E-state index in [0.29, 0.717) is 11.9 Å². The molecule has 0 saturated carbocycles. The van der Waals surface area contributed by atoms with Gasteiger partial charge in [0.25, 0.3) is 0 Å². The molecule has 1 atom stereocenters. The van der Waals surface area contributed by atoms with Gasteiger partial charge >= 0.3 is 0 Å². The topological polar surface area (TPSA) is 17.8 Å². The van der Waals surface area contributed by atoms with Gasteiger partial charge < -0.3 is 4.57 Å². The summed E-state index contributed by atoms with van der Waals surface area (Å²) in [7, 11) is 0. The molecule has 0 spiro atoms. The molecule has 0 bridgehead atoms. The van der Waals surface area contributed by atoms with E-state index in [1.54, 1.807) is 0 Å². The van der Waals surface area contributed by atoms with Crippen molar-refractivity contribution >= 4 is 22.6 Å². The summed E-state index contributed by atoms with van der Waals surface area (Å²) in [4.78, 5) is 4.67. The van der Waals surface area contributed by atoms with Gasteiger partial charge in [0.15, 0.2) is 0 Å². The average molecular weight is 251 g/mol. The smallest absolute Gasteiger partial charge is 0.125 e. The third-order valence-corrected chi connectivity index (χ3v) is 3.50. The summed E-state index contributed by atoms with van der Waals surface area (Å²) in [5, 5.41) is 0. The van der Waals surface area contributed by atoms with Crippen LogP contribution in [-0.2, 0) is 5.88 Å². The summed E-state index contributed by atoms with van der Waals surface area (Å²) in [5.74, 6) is 1.46. The van der Waals surface area contributed by atoms with Crippen molar-refractivity contribution in [3.8, 4) is 0 Å². The van der Waals surface area contributed by atoms with Gasteiger partial charge in [0.1, 0.15) is 5.82 Å². The first-order chi connectivity index (χ1) is 8.19. The van der Waals surface area contributed by atoms with Gasteiger partial charge in [0, 0.05) is 6.04 Å². The van der Waals surface area contributed by atoms with Crippen molar-refractivity contribution in [3.63, 3.8) is 0 Å². The van der Waals surface area contributed by atoms with Gasteiger partial charge in [-0.3, -0.25) is 0 Å². The SMILES string of the molecule is CCCC(C)n1c(CCl)nc2c(C)cccc21. The molecule has 2 rings (SSSR count). The van der Waals surface area contributed by atoms with Crippen LogP contribution >= 0.6 is 11.6 Å². The minimum atomic E-state index is 0.459. The molecule has 0 radical (unpaired) electrons. The Balaban J connectivity index is 2.62. The Hall–Kier alpha value is -1.02. The molecule has 0 aliphatic rings. The number of rotatable bonds is 4. The number of imidazole rings is 1. The number of hydrogen-bond donors (Lipinski definition) is 0. The number of aryl methyl sites for hydroxylation is 1. The Morgan fingerprint density at radius 3 is 2.82 bits per heavy atom. The van der Waals surface area contributed by atoms with E-state index >= 15 is 0 Å². The molecule has 0 aliphatic heterocycles. The van der Waals surface area contributed by atoms with Crippen LogP contribution in [0.1, 0.15) is 44.1 Å². The van der Waals surface area contributed by atoms with Crippen molar-refractivity contribution in [2.24, 2.45) is 0 Å². The molecule has 0 fully saturated rings. The van der Waals surface area contributed by atoms with E-state index in [-0.39, 0.29) is 0 Å². The van der Waals surface area contributed by atoms with Crippen LogP contribution in [0.3, 0.4) is 0 Å². The van der Waals surface area contributed by atoms with Crippen molar-refractivity contribution in [1.29, 1.82) is 0 Å². The Labute approximate surface area is 108 Å². The van der Waals surface area contributed by atoms with Gasteiger partial charge in [-0.05, 0) is 31.9 Å². The molecule has 0 aliphatic carbocycles. The van der Waals surface area contributed by atoms with Crippen molar-refractivity contribution in [1.82, 2.24) is 9.55 Å². The molecule has 0 amide bonds. The van der Waals surface area contributed by atoms with Crippen molar-refractivity contribution < 1.29 is 0 Å². The van der Waals surface area contributed by atoms with Crippen LogP contribution in [0.5, 0.6) is 0 Å². The highest BCUT2D eigenvalue weighted by molar-refractivity contribution is 6.16. The molecule has 1 aromatic carbocycles. The van der Waals surface area contributed by atoms with Gasteiger partial charge in [-0.1, -0.05) is 25.5 Å². The van der Waals surface area contributed by atoms with E-state index in [0.717, 1.165) is 17.8 Å². The molecular weight excluding hydrogens is 232 g/mol. The third-order valence-electron chi connectivity index (χ3n) is 3.26. The molecule has 0 N–H and O–H groups in total. The lowest BCUT2D eigenvalue weighted by Gasteiger charge is -2.16. The quantitative estimate of drug-likeness (QED) is 0.734. The highest BCUT2D eigenvalue weighted by Gasteiger charge is 2.15. The lowest BCUT2D eigenvalue weighted by molar-refractivity contribution is 0.500. The second-order valence-corrected chi connectivity index (χ2v) is 4.88. The van der Waals surface area contributed by atoms with Crippen LogP contribution in [0.4, 0.5) is 0 Å². The third kappa shape index (κ3) is 2.19. The van der Waals surface area contributed by atoms with E-state index in [1.807, 2.05) is 0 Å². The van der Waals surface area contributed by atoms with Crippen molar-refractivity contribution in [3.05, 3.63) is 29.6 Å². The first-order valence-electron chi connectivity index (χ1n) is 6.21. The second kappa shape index (κ2) is 5.09. The van der Waals surface area contributed by atoms with E-state index in [1.165, 1.54) is 17.5 Å². The summed E-state index contributed by atoms with van der Waals surface area (Å²) in [6.45, 7) is 6.55. The molecule has 92 valence electrons. The molecular formula is C14H19ClN2. The van der Waals surface area contributed by atoms with Crippen LogP contribution in [0.25, 0.3) is 11.0 Å². The first kappa shape index (κ1) is 12.4. The zero-order chi connectivity index (χ0) is 12.4. The van der Waals surface area contributed by atoms with Gasteiger partial charge in [0.2, 0.25) is 0 Å². The number of aromatic nitrogens is 2. The Morgan fingerprint density at radius 2 is 2.18 bits per heavy atom. The average Bonchev–Trinajstić information content (AvgIpc) is 2.69. The van der Waals surface area contributed by atoms with Crippen LogP contribution in [0, 0.1) is 6.92 Å². The van der Waals surface area contributed by atoms with Gasteiger partial charge in [-0.2, -0.15) is 0 Å². The highest BCUT2D eigenvalue weighted by atomic mass is 35.5. The number of alkyl halides is 1. The zero-order valence-corrected chi connectivity index (χ0v) is 11.5. The van der Waals surface area contributed by atoms with Crippen molar-refractivity contribution in [2.45, 2.75) is 45.5 Å². The number of halogens is 1. The molecule has 17 heavy (non-hydrogen) atoms. The van der Waals surface area contributed by atoms with Gasteiger partial charge in [-0.25, -0.2) is 4.98 Å². The van der Waals surface area contributed by atoms with Crippen molar-refractivity contribution in [2.75, 3.05) is 0 Å². The lowest BCUT2D eigenvalue weighted by Crippen LogP contribution is -2.08. The molecule has 2 aromatic rings. The minimum Gasteiger partial charge on any atom is -0.324 e. The monoisotopic (exact) mass is 250 g/mol. The van der Waals surface area contributed by atoms with E-state index in [9.17, 15) is 0 Å². The summed E-state index contributed by atoms with van der Waals surface area (Å²) in [6.07, 6.45) is 2.33. The fourth-order valence-corrected chi connectivity index (χ4v) is 2.63. The van der Waals surface area contributed by atoms with E-state index in [2.05, 4.69) is 48.5 Å². The fourth-order valence-electron chi connectivity index (χ4n) is 2.44. The predicted molar refractivity (Wildman–Crippen MR) is 73.6 cm³/mol. The molecule has 3 heteroatoms. The van der Waals surface area contributed by atoms with E-state index < -0.39 is 0 Å². The Morgan fingerprint density at radius 1 is 1.41 bits per heavy atom. The Bertz CT molecular complexity index is 516. The van der Waals surface area contributed by atoms with E-state index in [4.69, 9.17) is 11.6 Å². The van der Waals surface area contributed by atoms with Crippen LogP contribution in [0.15, 0.2) is 18.2 Å². The van der Waals surface area contributed by atoms with Crippen LogP contribution < -0.4 is 0 Å². The Kier molecular flexibility index (Phi) is 3.72. The number of benzene rings is 1. The minimum absolute atomic E-state index is 0.459. The summed E-state index contributed by atoms with van der Waals surface area (Å²) < 4.78 is 2.29. The number of para-hydroxylation sites is 1. The molecule has 2 nitrogen and oxygen atoms in total. The summed E-state index contributed by atoms with van der Waals surface area (Å²) in [5.41, 5.74) is 3.52. The lowest BCUT2D eigenvalue weighted by atomic mass is 10.1. The summed E-state index contributed by atoms with van der Waals surface area (Å²) >= 11 is 6.02. The second-order valence-electron chi connectivity index (χ2n) is 4.61. The molecule has 1 heterocycles. The number of hydrogen-bond acceptors (Lipinski definition) is 1. The predicted octanol–water partition coefficient (Wildman–Crippen LogP) is 4.44. The maximum Gasteiger partial charge on any atom is 0.125 e. The fraction of sp³-hybridized carbons (Fsp3) is 0.500. The molecule has 1 unspecified atom stereocenters. The first-order valence-corrected chi connectivity index (χ1v) is 6.74. The molecule has 1 aromatic heterocycles. The maximum absolute atomic E-state index is 6.02. The largest absolute Gasteiger partial charge is 0.324 e. The van der Waals surface area contributed by atoms with Crippen LogP contribution in [-0.4, -0.2) is 9.55 Å². The van der Waals surface area contributed by atoms with Crippen LogP contribution in [0.2, 0.25) is 0 Å². The van der Waals surface area contributed by atoms with Gasteiger partial charge in [0.05, 0.1) is 16.9 Å². The molecule has 0 saturated heterocycles. The normalized spacial score (nSPS) is 13.2. The van der Waals surface area contributed by atoms with Gasteiger partial charge in [-0.15, -0.1) is 11.6 Å².